The number of anilines is 2. The van der Waals surface area contributed by atoms with Crippen LogP contribution in [0.4, 0.5) is 11.4 Å². The van der Waals surface area contributed by atoms with Gasteiger partial charge in [-0.1, -0.05) is 6.07 Å². The first kappa shape index (κ1) is 12.7. The van der Waals surface area contributed by atoms with E-state index in [1.807, 2.05) is 18.2 Å². The van der Waals surface area contributed by atoms with Crippen molar-refractivity contribution >= 4 is 21.6 Å². The molecule has 1 aromatic rings. The number of hydrogen-bond acceptors (Lipinski definition) is 3. The Morgan fingerprint density at radius 2 is 1.95 bits per heavy atom. The zero-order chi connectivity index (χ0) is 13.3. The number of aryl methyl sites for hydroxylation is 1. The smallest absolute Gasteiger partial charge is 0.301 e. The number of nitrogens with zero attached hydrogens (tertiary/aromatic N) is 1. The summed E-state index contributed by atoms with van der Waals surface area (Å²) in [4.78, 5) is 0. The van der Waals surface area contributed by atoms with Gasteiger partial charge >= 0.3 is 10.2 Å². The van der Waals surface area contributed by atoms with Crippen LogP contribution < -0.4 is 10.0 Å². The predicted molar refractivity (Wildman–Crippen MR) is 76.6 cm³/mol. The molecular formula is C13H19N3O2S. The highest BCUT2D eigenvalue weighted by Gasteiger charge is 2.25. The minimum absolute atomic E-state index is 0.624. The first-order valence-electron chi connectivity index (χ1n) is 6.80. The van der Waals surface area contributed by atoms with Gasteiger partial charge in [0.2, 0.25) is 0 Å². The van der Waals surface area contributed by atoms with E-state index in [1.165, 1.54) is 9.87 Å². The molecule has 0 amide bonds. The highest BCUT2D eigenvalue weighted by Crippen LogP contribution is 2.26. The summed E-state index contributed by atoms with van der Waals surface area (Å²) in [6.07, 6.45) is 4.09. The standard InChI is InChI=1S/C13H19N3O2S/c17-19(18,16-8-1-2-9-16)15-12-6-5-11-4-3-7-14-13(11)10-12/h5-6,10,14-15H,1-4,7-9H2. The van der Waals surface area contributed by atoms with Crippen LogP contribution in [0, 0.1) is 0 Å². The largest absolute Gasteiger partial charge is 0.385 e. The maximum atomic E-state index is 12.2. The molecule has 0 spiro atoms. The Morgan fingerprint density at radius 1 is 1.16 bits per heavy atom. The van der Waals surface area contributed by atoms with Crippen molar-refractivity contribution in [2.75, 3.05) is 29.7 Å². The Kier molecular flexibility index (Phi) is 3.36. The third-order valence-corrected chi connectivity index (χ3v) is 5.24. The van der Waals surface area contributed by atoms with Gasteiger partial charge in [0.15, 0.2) is 0 Å². The lowest BCUT2D eigenvalue weighted by molar-refractivity contribution is 0.482. The molecule has 0 bridgehead atoms. The molecule has 1 aromatic carbocycles. The third-order valence-electron chi connectivity index (χ3n) is 3.70. The van der Waals surface area contributed by atoms with Crippen molar-refractivity contribution in [2.24, 2.45) is 0 Å². The van der Waals surface area contributed by atoms with Gasteiger partial charge in [-0.15, -0.1) is 0 Å². The van der Waals surface area contributed by atoms with Crippen LogP contribution >= 0.6 is 0 Å². The summed E-state index contributed by atoms with van der Waals surface area (Å²) in [5, 5.41) is 3.31. The van der Waals surface area contributed by atoms with Crippen molar-refractivity contribution in [1.29, 1.82) is 0 Å². The molecule has 5 nitrogen and oxygen atoms in total. The number of rotatable bonds is 3. The fourth-order valence-corrected chi connectivity index (χ4v) is 3.96. The van der Waals surface area contributed by atoms with Crippen LogP contribution in [-0.4, -0.2) is 32.4 Å². The number of fused-ring (bicyclic) bond motifs is 1. The molecule has 0 aromatic heterocycles. The summed E-state index contributed by atoms with van der Waals surface area (Å²) in [5.41, 5.74) is 2.95. The van der Waals surface area contributed by atoms with Gasteiger partial charge in [-0.2, -0.15) is 12.7 Å². The van der Waals surface area contributed by atoms with E-state index in [9.17, 15) is 8.42 Å². The van der Waals surface area contributed by atoms with Gasteiger partial charge < -0.3 is 5.32 Å². The molecule has 0 atom stereocenters. The van der Waals surface area contributed by atoms with Crippen molar-refractivity contribution in [3.63, 3.8) is 0 Å². The van der Waals surface area contributed by atoms with Gasteiger partial charge in [-0.05, 0) is 43.4 Å². The minimum atomic E-state index is -3.38. The fraction of sp³-hybridized carbons (Fsp3) is 0.538. The quantitative estimate of drug-likeness (QED) is 0.888. The maximum Gasteiger partial charge on any atom is 0.301 e. The second-order valence-corrected chi connectivity index (χ2v) is 6.79. The summed E-state index contributed by atoms with van der Waals surface area (Å²) in [5.74, 6) is 0. The highest BCUT2D eigenvalue weighted by molar-refractivity contribution is 7.90. The molecule has 104 valence electrons. The summed E-state index contributed by atoms with van der Waals surface area (Å²) in [6, 6.07) is 5.74. The molecule has 2 aliphatic heterocycles. The molecule has 2 heterocycles. The Bertz CT molecular complexity index is 565. The summed E-state index contributed by atoms with van der Waals surface area (Å²) < 4.78 is 28.5. The van der Waals surface area contributed by atoms with Gasteiger partial charge in [-0.3, -0.25) is 4.72 Å². The SMILES string of the molecule is O=S(=O)(Nc1ccc2c(c1)NCCC2)N1CCCC1. The summed E-state index contributed by atoms with van der Waals surface area (Å²) in [6.45, 7) is 2.20. The number of hydrogen-bond donors (Lipinski definition) is 2. The molecule has 19 heavy (non-hydrogen) atoms. The normalized spacial score (nSPS) is 19.8. The minimum Gasteiger partial charge on any atom is -0.385 e. The van der Waals surface area contributed by atoms with Gasteiger partial charge in [0.05, 0.1) is 5.69 Å². The van der Waals surface area contributed by atoms with E-state index in [1.54, 1.807) is 0 Å². The van der Waals surface area contributed by atoms with E-state index in [0.717, 1.165) is 37.9 Å². The molecule has 0 unspecified atom stereocenters. The van der Waals surface area contributed by atoms with Crippen LogP contribution in [0.25, 0.3) is 0 Å². The maximum absolute atomic E-state index is 12.2. The van der Waals surface area contributed by atoms with Crippen molar-refractivity contribution < 1.29 is 8.42 Å². The van der Waals surface area contributed by atoms with Crippen LogP contribution in [0.5, 0.6) is 0 Å². The van der Waals surface area contributed by atoms with Gasteiger partial charge in [0.1, 0.15) is 0 Å². The molecule has 0 radical (unpaired) electrons. The monoisotopic (exact) mass is 281 g/mol. The van der Waals surface area contributed by atoms with Crippen LogP contribution in [0.2, 0.25) is 0 Å². The van der Waals surface area contributed by atoms with Crippen molar-refractivity contribution in [3.8, 4) is 0 Å². The Labute approximate surface area is 114 Å². The zero-order valence-electron chi connectivity index (χ0n) is 10.9. The lowest BCUT2D eigenvalue weighted by Gasteiger charge is -2.21. The van der Waals surface area contributed by atoms with Crippen LogP contribution in [0.15, 0.2) is 18.2 Å². The Morgan fingerprint density at radius 3 is 2.74 bits per heavy atom. The molecule has 0 aliphatic carbocycles. The molecular weight excluding hydrogens is 262 g/mol. The molecule has 1 fully saturated rings. The zero-order valence-corrected chi connectivity index (χ0v) is 11.7. The Hall–Kier alpha value is -1.27. The van der Waals surface area contributed by atoms with Gasteiger partial charge in [0, 0.05) is 25.3 Å². The molecule has 3 rings (SSSR count). The molecule has 2 N–H and O–H groups in total. The molecule has 1 saturated heterocycles. The number of nitrogens with one attached hydrogen (secondary N) is 2. The van der Waals surface area contributed by atoms with Crippen LogP contribution in [-0.2, 0) is 16.6 Å². The van der Waals surface area contributed by atoms with E-state index < -0.39 is 10.2 Å². The van der Waals surface area contributed by atoms with E-state index >= 15 is 0 Å². The lowest BCUT2D eigenvalue weighted by Crippen LogP contribution is -2.33. The van der Waals surface area contributed by atoms with E-state index in [4.69, 9.17) is 0 Å². The summed E-state index contributed by atoms with van der Waals surface area (Å²) in [7, 11) is -3.38. The second-order valence-electron chi connectivity index (χ2n) is 5.12. The molecule has 0 saturated carbocycles. The first-order chi connectivity index (χ1) is 9.15. The van der Waals surface area contributed by atoms with Gasteiger partial charge in [0.25, 0.3) is 0 Å². The first-order valence-corrected chi connectivity index (χ1v) is 8.24. The fourth-order valence-electron chi connectivity index (χ4n) is 2.67. The molecule has 2 aliphatic rings. The molecule has 6 heteroatoms. The van der Waals surface area contributed by atoms with Crippen LogP contribution in [0.1, 0.15) is 24.8 Å². The van der Waals surface area contributed by atoms with Crippen molar-refractivity contribution in [1.82, 2.24) is 4.31 Å². The lowest BCUT2D eigenvalue weighted by atomic mass is 10.0. The Balaban J connectivity index is 1.79. The average Bonchev–Trinajstić information content (AvgIpc) is 2.93. The van der Waals surface area contributed by atoms with E-state index in [-0.39, 0.29) is 0 Å². The third kappa shape index (κ3) is 2.69. The van der Waals surface area contributed by atoms with Gasteiger partial charge in [-0.25, -0.2) is 0 Å². The average molecular weight is 281 g/mol. The van der Waals surface area contributed by atoms with Crippen molar-refractivity contribution in [3.05, 3.63) is 23.8 Å². The van der Waals surface area contributed by atoms with E-state index in [0.29, 0.717) is 18.8 Å². The predicted octanol–water partition coefficient (Wildman–Crippen LogP) is 1.80. The van der Waals surface area contributed by atoms with Crippen LogP contribution in [0.3, 0.4) is 0 Å². The summed E-state index contributed by atoms with van der Waals surface area (Å²) >= 11 is 0. The number of benzene rings is 1. The highest BCUT2D eigenvalue weighted by atomic mass is 32.2. The van der Waals surface area contributed by atoms with E-state index in [2.05, 4.69) is 10.0 Å². The topological polar surface area (TPSA) is 61.4 Å². The second kappa shape index (κ2) is 5.02. The van der Waals surface area contributed by atoms with Crippen molar-refractivity contribution in [2.45, 2.75) is 25.7 Å².